The first kappa shape index (κ1) is 13.4. The van der Waals surface area contributed by atoms with Crippen LogP contribution in [0, 0.1) is 0 Å². The molecule has 1 N–H and O–H groups in total. The van der Waals surface area contributed by atoms with Crippen LogP contribution in [0.2, 0.25) is 0 Å². The minimum atomic E-state index is -0.203. The molecule has 0 amide bonds. The molecule has 23 heavy (non-hydrogen) atoms. The minimum absolute atomic E-state index is 0.0719. The highest BCUT2D eigenvalue weighted by Gasteiger charge is 2.63. The van der Waals surface area contributed by atoms with E-state index in [1.165, 1.54) is 40.8 Å². The van der Waals surface area contributed by atoms with E-state index in [1.807, 2.05) is 0 Å². The number of hydrogen-bond acceptors (Lipinski definition) is 2. The van der Waals surface area contributed by atoms with Gasteiger partial charge in [-0.2, -0.15) is 0 Å². The normalized spacial score (nSPS) is 31.2. The smallest absolute Gasteiger partial charge is 0.149 e. The number of fused-ring (bicyclic) bond motifs is 1. The van der Waals surface area contributed by atoms with Gasteiger partial charge in [0.25, 0.3) is 0 Å². The van der Waals surface area contributed by atoms with E-state index in [1.54, 1.807) is 0 Å². The number of nitrogens with one attached hydrogen (secondary N) is 1. The molecule has 1 saturated carbocycles. The number of ether oxygens (including phenoxy) is 1. The van der Waals surface area contributed by atoms with Gasteiger partial charge in [0.2, 0.25) is 0 Å². The maximum absolute atomic E-state index is 6.33. The summed E-state index contributed by atoms with van der Waals surface area (Å²) in [6, 6.07) is 17.5. The van der Waals surface area contributed by atoms with Crippen LogP contribution in [-0.4, -0.2) is 12.3 Å². The van der Waals surface area contributed by atoms with Crippen molar-refractivity contribution < 1.29 is 4.74 Å². The van der Waals surface area contributed by atoms with E-state index in [0.29, 0.717) is 6.61 Å². The highest BCUT2D eigenvalue weighted by molar-refractivity contribution is 5.74. The Labute approximate surface area is 137 Å². The summed E-state index contributed by atoms with van der Waals surface area (Å²) < 4.78 is 6.33. The van der Waals surface area contributed by atoms with E-state index in [-0.39, 0.29) is 11.1 Å². The summed E-state index contributed by atoms with van der Waals surface area (Å²) in [6.07, 6.45) is 4.54. The number of anilines is 1. The molecule has 2 aromatic carbocycles. The Hall–Kier alpha value is -2.06. The molecule has 2 heterocycles. The summed E-state index contributed by atoms with van der Waals surface area (Å²) in [6.45, 7) is 4.92. The molecule has 0 unspecified atom stereocenters. The molecule has 2 aliphatic heterocycles. The number of hydrogen-bond donors (Lipinski definition) is 1. The predicted octanol–water partition coefficient (Wildman–Crippen LogP) is 4.87. The third-order valence-electron chi connectivity index (χ3n) is 5.96. The zero-order valence-electron chi connectivity index (χ0n) is 13.3. The fraction of sp³-hybridized carbons (Fsp3) is 0.333. The molecule has 116 valence electrons. The second-order valence-electron chi connectivity index (χ2n) is 7.23. The van der Waals surface area contributed by atoms with Crippen molar-refractivity contribution in [1.29, 1.82) is 0 Å². The minimum Gasteiger partial charge on any atom is -0.357 e. The van der Waals surface area contributed by atoms with Crippen molar-refractivity contribution in [2.45, 2.75) is 36.8 Å². The molecule has 0 spiro atoms. The van der Waals surface area contributed by atoms with Gasteiger partial charge in [-0.1, -0.05) is 48.6 Å². The topological polar surface area (TPSA) is 21.3 Å². The largest absolute Gasteiger partial charge is 0.357 e. The molecule has 2 atom stereocenters. The van der Waals surface area contributed by atoms with E-state index in [0.717, 1.165) is 12.8 Å². The molecular formula is C21H21NO. The molecule has 0 radical (unpaired) electrons. The van der Waals surface area contributed by atoms with Crippen LogP contribution in [0.25, 0.3) is 11.1 Å². The van der Waals surface area contributed by atoms with Gasteiger partial charge in [0, 0.05) is 11.1 Å². The Bertz CT molecular complexity index is 797. The average Bonchev–Trinajstić information content (AvgIpc) is 3.07. The van der Waals surface area contributed by atoms with Gasteiger partial charge in [0.15, 0.2) is 0 Å². The maximum Gasteiger partial charge on any atom is 0.149 e. The van der Waals surface area contributed by atoms with Crippen molar-refractivity contribution in [2.24, 2.45) is 0 Å². The van der Waals surface area contributed by atoms with Crippen LogP contribution < -0.4 is 5.32 Å². The summed E-state index contributed by atoms with van der Waals surface area (Å²) in [7, 11) is 0. The molecule has 1 saturated heterocycles. The molecule has 5 rings (SSSR count). The van der Waals surface area contributed by atoms with Crippen molar-refractivity contribution >= 4 is 5.69 Å². The van der Waals surface area contributed by atoms with Crippen molar-refractivity contribution in [2.75, 3.05) is 11.9 Å². The summed E-state index contributed by atoms with van der Waals surface area (Å²) in [5.74, 6) is 0. The SMILES string of the molecule is C=C1CO[C@@]23CCC[C@]2(C1)c1cc(-c2ccccc2)ccc1N3. The zero-order valence-corrected chi connectivity index (χ0v) is 13.3. The second kappa shape index (κ2) is 4.48. The standard InChI is InChI=1S/C21H21NO/c1-15-13-20-10-5-11-21(20,23-14-15)22-19-9-8-17(12-18(19)20)16-6-3-2-4-7-16/h2-4,6-9,12,22H,1,5,10-11,13-14H2/t20-,21-/m0/s1. The molecule has 2 aromatic rings. The van der Waals surface area contributed by atoms with Gasteiger partial charge in [0.05, 0.1) is 6.61 Å². The van der Waals surface area contributed by atoms with Crippen LogP contribution in [0.15, 0.2) is 60.7 Å². The number of benzene rings is 2. The summed E-state index contributed by atoms with van der Waals surface area (Å²) >= 11 is 0. The molecule has 3 aliphatic rings. The van der Waals surface area contributed by atoms with Gasteiger partial charge >= 0.3 is 0 Å². The second-order valence-corrected chi connectivity index (χ2v) is 7.23. The van der Waals surface area contributed by atoms with Gasteiger partial charge < -0.3 is 10.1 Å². The van der Waals surface area contributed by atoms with Crippen LogP contribution in [0.1, 0.15) is 31.2 Å². The summed E-state index contributed by atoms with van der Waals surface area (Å²) in [5, 5.41) is 3.74. The monoisotopic (exact) mass is 303 g/mol. The van der Waals surface area contributed by atoms with E-state index in [2.05, 4.69) is 60.4 Å². The highest BCUT2D eigenvalue weighted by atomic mass is 16.5. The predicted molar refractivity (Wildman–Crippen MR) is 93.5 cm³/mol. The lowest BCUT2D eigenvalue weighted by Gasteiger charge is -2.45. The molecule has 1 aliphatic carbocycles. The lowest BCUT2D eigenvalue weighted by atomic mass is 9.70. The Kier molecular flexibility index (Phi) is 2.61. The van der Waals surface area contributed by atoms with Gasteiger partial charge in [-0.3, -0.25) is 0 Å². The molecule has 0 bridgehead atoms. The number of rotatable bonds is 1. The Balaban J connectivity index is 1.68. The molecule has 2 fully saturated rings. The van der Waals surface area contributed by atoms with Gasteiger partial charge in [-0.15, -0.1) is 0 Å². The first-order chi connectivity index (χ1) is 11.2. The maximum atomic E-state index is 6.33. The summed E-state index contributed by atoms with van der Waals surface area (Å²) in [4.78, 5) is 0. The van der Waals surface area contributed by atoms with E-state index in [9.17, 15) is 0 Å². The lowest BCUT2D eigenvalue weighted by molar-refractivity contribution is -0.0706. The van der Waals surface area contributed by atoms with Crippen LogP contribution in [-0.2, 0) is 10.2 Å². The molecule has 0 aromatic heterocycles. The van der Waals surface area contributed by atoms with Gasteiger partial charge in [-0.25, -0.2) is 0 Å². The first-order valence-electron chi connectivity index (χ1n) is 8.51. The lowest BCUT2D eigenvalue weighted by Crippen LogP contribution is -2.54. The molecule has 2 nitrogen and oxygen atoms in total. The third kappa shape index (κ3) is 1.67. The van der Waals surface area contributed by atoms with Gasteiger partial charge in [-0.05, 0) is 54.5 Å². The van der Waals surface area contributed by atoms with Gasteiger partial charge in [0.1, 0.15) is 5.72 Å². The van der Waals surface area contributed by atoms with Crippen LogP contribution in [0.3, 0.4) is 0 Å². The van der Waals surface area contributed by atoms with Crippen LogP contribution in [0.5, 0.6) is 0 Å². The first-order valence-corrected chi connectivity index (χ1v) is 8.51. The Morgan fingerprint density at radius 1 is 1.00 bits per heavy atom. The molecule has 2 heteroatoms. The Morgan fingerprint density at radius 2 is 1.87 bits per heavy atom. The highest BCUT2D eigenvalue weighted by Crippen LogP contribution is 2.62. The Morgan fingerprint density at radius 3 is 2.74 bits per heavy atom. The van der Waals surface area contributed by atoms with Crippen LogP contribution >= 0.6 is 0 Å². The van der Waals surface area contributed by atoms with E-state index in [4.69, 9.17) is 4.74 Å². The van der Waals surface area contributed by atoms with Crippen molar-refractivity contribution in [3.8, 4) is 11.1 Å². The van der Waals surface area contributed by atoms with E-state index >= 15 is 0 Å². The van der Waals surface area contributed by atoms with Crippen molar-refractivity contribution in [1.82, 2.24) is 0 Å². The summed E-state index contributed by atoms with van der Waals surface area (Å²) in [5.41, 5.74) is 6.34. The fourth-order valence-electron chi connectivity index (χ4n) is 4.97. The third-order valence-corrected chi connectivity index (χ3v) is 5.96. The quantitative estimate of drug-likeness (QED) is 0.759. The van der Waals surface area contributed by atoms with Crippen LogP contribution in [0.4, 0.5) is 5.69 Å². The van der Waals surface area contributed by atoms with E-state index < -0.39 is 0 Å². The fourth-order valence-corrected chi connectivity index (χ4v) is 4.97. The van der Waals surface area contributed by atoms with Crippen molar-refractivity contribution in [3.63, 3.8) is 0 Å². The molecular weight excluding hydrogens is 282 g/mol. The zero-order chi connectivity index (χ0) is 15.5. The average molecular weight is 303 g/mol. The van der Waals surface area contributed by atoms with Crippen molar-refractivity contribution in [3.05, 3.63) is 66.2 Å².